The number of allylic oxidation sites excluding steroid dienone is 2. The van der Waals surface area contributed by atoms with Crippen LogP contribution in [0, 0.1) is 0 Å². The molecular formula is C55H72BF2N9O14. The van der Waals surface area contributed by atoms with Crippen molar-refractivity contribution in [2.45, 2.75) is 134 Å². The van der Waals surface area contributed by atoms with Gasteiger partial charge >= 0.3 is 36.9 Å². The number of carbonyl (C=O) groups excluding carboxylic acids is 5. The second-order valence-electron chi connectivity index (χ2n) is 19.6. The molecule has 0 saturated heterocycles. The summed E-state index contributed by atoms with van der Waals surface area (Å²) >= 11 is 0. The van der Waals surface area contributed by atoms with Gasteiger partial charge in [-0.1, -0.05) is 37.5 Å². The standard InChI is InChI=1S/C55H72BF2N9O14/c57-56(58)66-38(23-24-39(66)35-40-25-29-46(67(40)56)42-15-12-34-59-42)22-19-37-20-26-41(27-21-37)81-36-50(71)62-31-9-3-6-17-48(69)61-32-10-7-13-43(52(74)75)63-49(70)18-5-2-1-4-16-47(68)60-33-11-8-14-44(53(76)77)64-55(80)65-45(54(78)79)28-30-51(72)73/h12,15,19-27,29,34-35,43-45,59H,1-11,13-14,16-18,28,30-33,36H2,(H,60,68)(H,61,69)(H,62,71)(H,63,70)(H,72,73)(H,74,75)(H,76,77)(H,78,79)(H2,64,65,80)/b22-19+/t43?,44-,45-/m1/s1. The molecular weight excluding hydrogens is 1060 g/mol. The predicted molar refractivity (Wildman–Crippen MR) is 295 cm³/mol. The maximum Gasteiger partial charge on any atom is 0.737 e. The first kappa shape index (κ1) is 63.3. The first-order valence-corrected chi connectivity index (χ1v) is 27.2. The quantitative estimate of drug-likeness (QED) is 0.0258. The van der Waals surface area contributed by atoms with Gasteiger partial charge in [-0.25, -0.2) is 19.2 Å². The van der Waals surface area contributed by atoms with Crippen LogP contribution in [-0.2, 0) is 38.4 Å². The molecule has 438 valence electrons. The molecule has 0 fully saturated rings. The maximum atomic E-state index is 16.1. The van der Waals surface area contributed by atoms with E-state index in [1.165, 1.54) is 0 Å². The monoisotopic (exact) mass is 1130 g/mol. The van der Waals surface area contributed by atoms with Crippen molar-refractivity contribution < 1.29 is 81.4 Å². The summed E-state index contributed by atoms with van der Waals surface area (Å²) in [7, 11) is 0. The highest BCUT2D eigenvalue weighted by molar-refractivity contribution is 6.58. The van der Waals surface area contributed by atoms with Gasteiger partial charge in [-0.3, -0.25) is 24.0 Å². The van der Waals surface area contributed by atoms with Crippen LogP contribution in [0.25, 0.3) is 18.2 Å². The fourth-order valence-corrected chi connectivity index (χ4v) is 9.04. The van der Waals surface area contributed by atoms with Crippen LogP contribution >= 0.6 is 0 Å². The molecule has 0 bridgehead atoms. The van der Waals surface area contributed by atoms with Crippen LogP contribution in [0.5, 0.6) is 5.75 Å². The summed E-state index contributed by atoms with van der Waals surface area (Å²) in [4.78, 5) is 110. The molecule has 0 aliphatic carbocycles. The van der Waals surface area contributed by atoms with Crippen LogP contribution in [-0.4, -0.2) is 145 Å². The Hall–Kier alpha value is -8.58. The van der Waals surface area contributed by atoms with Gasteiger partial charge < -0.3 is 79.6 Å². The number of urea groups is 1. The number of ether oxygens (including phenoxy) is 1. The van der Waals surface area contributed by atoms with Gasteiger partial charge in [0.2, 0.25) is 17.7 Å². The fraction of sp³-hybridized carbons (Fsp3) is 0.455. The molecule has 0 radical (unpaired) electrons. The first-order chi connectivity index (χ1) is 38.8. The summed E-state index contributed by atoms with van der Waals surface area (Å²) in [6.07, 6.45) is 16.1. The molecule has 3 atom stereocenters. The van der Waals surface area contributed by atoms with E-state index in [0.717, 1.165) is 14.5 Å². The number of nitrogens with zero attached hydrogens (tertiary/aromatic N) is 2. The molecule has 3 aromatic rings. The number of rotatable bonds is 38. The Morgan fingerprint density at radius 1 is 0.593 bits per heavy atom. The van der Waals surface area contributed by atoms with Crippen LogP contribution < -0.4 is 36.6 Å². The zero-order valence-corrected chi connectivity index (χ0v) is 45.0. The van der Waals surface area contributed by atoms with E-state index in [1.807, 2.05) is 0 Å². The van der Waals surface area contributed by atoms with Crippen molar-refractivity contribution in [1.82, 2.24) is 41.4 Å². The molecule has 2 aromatic heterocycles. The average molecular weight is 1130 g/mol. The molecule has 26 heteroatoms. The number of aromatic amines is 1. The number of fused-ring (bicyclic) bond motifs is 2. The second-order valence-corrected chi connectivity index (χ2v) is 19.6. The Bertz CT molecular complexity index is 2800. The van der Waals surface area contributed by atoms with Crippen LogP contribution in [0.15, 0.2) is 72.6 Å². The number of benzene rings is 1. The molecule has 6 amide bonds. The van der Waals surface area contributed by atoms with Crippen molar-refractivity contribution in [3.05, 3.63) is 95.2 Å². The third kappa shape index (κ3) is 21.2. The number of carboxylic acid groups (broad SMARTS) is 4. The van der Waals surface area contributed by atoms with Crippen LogP contribution in [0.2, 0.25) is 0 Å². The summed E-state index contributed by atoms with van der Waals surface area (Å²) in [5.41, 5.74) is 2.93. The third-order valence-corrected chi connectivity index (χ3v) is 13.3. The number of H-pyrrole nitrogens is 1. The molecule has 4 heterocycles. The number of aliphatic carboxylic acids is 4. The van der Waals surface area contributed by atoms with Crippen molar-refractivity contribution in [3.8, 4) is 5.75 Å². The number of nitrogens with one attached hydrogen (secondary N) is 7. The van der Waals surface area contributed by atoms with Crippen LogP contribution in [0.4, 0.5) is 13.4 Å². The number of hydrogen-bond acceptors (Lipinski definition) is 10. The smallest absolute Gasteiger partial charge is 0.484 e. The molecule has 23 nitrogen and oxygen atoms in total. The molecule has 2 aliphatic rings. The van der Waals surface area contributed by atoms with E-state index in [0.29, 0.717) is 124 Å². The van der Waals surface area contributed by atoms with Crippen molar-refractivity contribution in [3.63, 3.8) is 0 Å². The van der Waals surface area contributed by atoms with Gasteiger partial charge in [0.05, 0.1) is 0 Å². The van der Waals surface area contributed by atoms with E-state index in [4.69, 9.17) is 9.84 Å². The van der Waals surface area contributed by atoms with E-state index >= 15 is 8.63 Å². The minimum atomic E-state index is -4.18. The molecule has 0 spiro atoms. The topological polar surface area (TPSA) is 340 Å². The Labute approximate surface area is 466 Å². The van der Waals surface area contributed by atoms with Gasteiger partial charge in [0.15, 0.2) is 18.0 Å². The molecule has 5 rings (SSSR count). The van der Waals surface area contributed by atoms with E-state index in [1.54, 1.807) is 85.1 Å². The largest absolute Gasteiger partial charge is 0.737 e. The Balaban J connectivity index is 0.829. The number of aromatic nitrogens is 2. The molecule has 2 aliphatic heterocycles. The van der Waals surface area contributed by atoms with Gasteiger partial charge in [0.1, 0.15) is 29.6 Å². The van der Waals surface area contributed by atoms with Crippen molar-refractivity contribution in [2.75, 3.05) is 26.2 Å². The summed E-state index contributed by atoms with van der Waals surface area (Å²) < 4.78 is 40.0. The minimum absolute atomic E-state index is 0.00545. The zero-order valence-electron chi connectivity index (χ0n) is 45.0. The highest BCUT2D eigenvalue weighted by Crippen LogP contribution is 2.34. The first-order valence-electron chi connectivity index (χ1n) is 27.2. The highest BCUT2D eigenvalue weighted by Gasteiger charge is 2.52. The fourth-order valence-electron chi connectivity index (χ4n) is 9.04. The predicted octanol–water partition coefficient (Wildman–Crippen LogP) is 5.24. The highest BCUT2D eigenvalue weighted by atomic mass is 19.2. The summed E-state index contributed by atoms with van der Waals surface area (Å²) in [6, 6.07) is 8.78. The Morgan fingerprint density at radius 2 is 1.14 bits per heavy atom. The van der Waals surface area contributed by atoms with E-state index < -0.39 is 67.3 Å². The summed E-state index contributed by atoms with van der Waals surface area (Å²) in [5.74, 6) is -5.83. The number of carbonyl (C=O) groups is 9. The molecule has 1 unspecified atom stereocenters. The van der Waals surface area contributed by atoms with E-state index in [2.05, 4.69) is 36.9 Å². The number of hydrogen-bond donors (Lipinski definition) is 11. The van der Waals surface area contributed by atoms with Crippen molar-refractivity contribution in [1.29, 1.82) is 0 Å². The lowest BCUT2D eigenvalue weighted by Crippen LogP contribution is -2.51. The van der Waals surface area contributed by atoms with Gasteiger partial charge in [-0.15, -0.1) is 0 Å². The summed E-state index contributed by atoms with van der Waals surface area (Å²) in [6.45, 7) is -3.38. The lowest BCUT2D eigenvalue weighted by atomic mass is 9.90. The molecule has 81 heavy (non-hydrogen) atoms. The number of amides is 6. The normalized spacial score (nSPS) is 14.2. The van der Waals surface area contributed by atoms with Gasteiger partial charge in [-0.05, 0) is 119 Å². The molecule has 0 saturated carbocycles. The van der Waals surface area contributed by atoms with Crippen LogP contribution in [0.3, 0.4) is 0 Å². The third-order valence-electron chi connectivity index (χ3n) is 13.3. The van der Waals surface area contributed by atoms with E-state index in [-0.39, 0.29) is 63.0 Å². The minimum Gasteiger partial charge on any atom is -0.484 e. The number of halogens is 2. The van der Waals surface area contributed by atoms with Crippen LogP contribution in [0.1, 0.15) is 138 Å². The zero-order chi connectivity index (χ0) is 58.7. The summed E-state index contributed by atoms with van der Waals surface area (Å²) in [5, 5.41) is 52.1. The van der Waals surface area contributed by atoms with Crippen molar-refractivity contribution in [2.24, 2.45) is 0 Å². The lowest BCUT2D eigenvalue weighted by Gasteiger charge is -2.30. The second kappa shape index (κ2) is 32.5. The van der Waals surface area contributed by atoms with Gasteiger partial charge in [0.25, 0.3) is 5.91 Å². The average Bonchev–Trinajstić information content (AvgIpc) is 4.29. The Morgan fingerprint density at radius 3 is 1.70 bits per heavy atom. The van der Waals surface area contributed by atoms with Gasteiger partial charge in [-0.2, -0.15) is 0 Å². The van der Waals surface area contributed by atoms with Crippen molar-refractivity contribution >= 4 is 84.4 Å². The lowest BCUT2D eigenvalue weighted by molar-refractivity contribution is -0.360. The molecule has 11 N–H and O–H groups in total. The van der Waals surface area contributed by atoms with Gasteiger partial charge in [0, 0.05) is 81.1 Å². The van der Waals surface area contributed by atoms with E-state index in [9.17, 15) is 58.5 Å². The maximum absolute atomic E-state index is 16.1. The Kier molecular flexibility index (Phi) is 25.4. The number of unbranched alkanes of at least 4 members (excludes halogenated alkanes) is 7. The SMILES string of the molecule is O=C(O)CC[C@@H](NC(=O)N[C@H](CCCCNC(=O)CCCCCCC(=O)NC(CCCCNC(=O)CCCCCNC(=O)COc1ccc(/C=C/c2ccc3n2[B-](F)(F)[N+]2=C(c4ccc[nH]4)C=CC2=C3)cc1)C(=O)O)C(=O)O)C(=O)O. The molecule has 1 aromatic carbocycles. The number of carboxylic acids is 4.